The Kier molecular flexibility index (Phi) is 7.33. The highest BCUT2D eigenvalue weighted by atomic mass is 35.5. The zero-order valence-corrected chi connectivity index (χ0v) is 19.1. The summed E-state index contributed by atoms with van der Waals surface area (Å²) in [6, 6.07) is 5.53. The minimum atomic E-state index is -0.216. The van der Waals surface area contributed by atoms with Crippen LogP contribution in [0.15, 0.2) is 59.0 Å². The molecule has 0 aliphatic carbocycles. The zero-order valence-electron chi connectivity index (χ0n) is 18.3. The maximum Gasteiger partial charge on any atom is 0.251 e. The molecule has 3 rings (SSSR count). The van der Waals surface area contributed by atoms with Crippen LogP contribution in [-0.4, -0.2) is 27.6 Å². The normalized spacial score (nSPS) is 12.1. The summed E-state index contributed by atoms with van der Waals surface area (Å²) in [5.41, 5.74) is 11.1. The van der Waals surface area contributed by atoms with Gasteiger partial charge in [-0.3, -0.25) is 19.8 Å². The lowest BCUT2D eigenvalue weighted by Gasteiger charge is -2.12. The van der Waals surface area contributed by atoms with Crippen LogP contribution in [0.5, 0.6) is 0 Å². The van der Waals surface area contributed by atoms with Crippen LogP contribution in [0.4, 0.5) is 5.82 Å². The number of amides is 1. The number of carbonyl (C=O) groups excluding carboxylic acids is 1. The molecule has 8 heteroatoms. The van der Waals surface area contributed by atoms with Gasteiger partial charge < -0.3 is 11.1 Å². The van der Waals surface area contributed by atoms with E-state index in [4.69, 9.17) is 17.3 Å². The second-order valence-corrected chi connectivity index (χ2v) is 7.78. The van der Waals surface area contributed by atoms with Crippen LogP contribution in [0.25, 0.3) is 10.9 Å². The van der Waals surface area contributed by atoms with E-state index in [1.54, 1.807) is 37.5 Å². The fraction of sp³-hybridized carbons (Fsp3) is 0.208. The van der Waals surface area contributed by atoms with Gasteiger partial charge in [0.05, 0.1) is 16.7 Å². The summed E-state index contributed by atoms with van der Waals surface area (Å²) < 4.78 is 0. The van der Waals surface area contributed by atoms with Gasteiger partial charge >= 0.3 is 0 Å². The highest BCUT2D eigenvalue weighted by molar-refractivity contribution is 6.31. The Morgan fingerprint density at radius 1 is 1.25 bits per heavy atom. The molecule has 0 atom stereocenters. The van der Waals surface area contributed by atoms with E-state index in [0.717, 1.165) is 33.4 Å². The third-order valence-electron chi connectivity index (χ3n) is 5.05. The number of nitrogen functional groups attached to an aromatic ring is 1. The first-order chi connectivity index (χ1) is 15.3. The number of carbonyl (C=O) groups is 1. The Bertz CT molecular complexity index is 1230. The van der Waals surface area contributed by atoms with Gasteiger partial charge in [0.25, 0.3) is 5.91 Å². The van der Waals surface area contributed by atoms with E-state index in [-0.39, 0.29) is 5.91 Å². The molecule has 0 saturated heterocycles. The fourth-order valence-electron chi connectivity index (χ4n) is 3.37. The minimum Gasteiger partial charge on any atom is -0.384 e. The Labute approximate surface area is 192 Å². The van der Waals surface area contributed by atoms with Crippen molar-refractivity contribution >= 4 is 40.9 Å². The average molecular weight is 449 g/mol. The maximum absolute atomic E-state index is 12.8. The monoisotopic (exact) mass is 448 g/mol. The van der Waals surface area contributed by atoms with Gasteiger partial charge in [0.1, 0.15) is 5.82 Å². The van der Waals surface area contributed by atoms with Crippen LogP contribution in [0, 0.1) is 13.8 Å². The van der Waals surface area contributed by atoms with Gasteiger partial charge in [0.2, 0.25) is 0 Å². The van der Waals surface area contributed by atoms with Crippen molar-refractivity contribution in [2.45, 2.75) is 33.7 Å². The number of aliphatic imine (C=N–C) groups is 1. The van der Waals surface area contributed by atoms with E-state index in [9.17, 15) is 4.79 Å². The second-order valence-electron chi connectivity index (χ2n) is 7.35. The lowest BCUT2D eigenvalue weighted by molar-refractivity contribution is -0.117. The van der Waals surface area contributed by atoms with Gasteiger partial charge in [-0.15, -0.1) is 0 Å². The number of anilines is 1. The molecule has 3 aromatic rings. The molecular formula is C24H25ClN6O. The summed E-state index contributed by atoms with van der Waals surface area (Å²) in [6.07, 6.45) is 7.14. The molecular weight excluding hydrogens is 424 g/mol. The van der Waals surface area contributed by atoms with Gasteiger partial charge in [0.15, 0.2) is 0 Å². The molecule has 3 aromatic heterocycles. The highest BCUT2D eigenvalue weighted by Gasteiger charge is 2.11. The van der Waals surface area contributed by atoms with E-state index in [2.05, 4.69) is 32.0 Å². The molecule has 0 aliphatic rings. The summed E-state index contributed by atoms with van der Waals surface area (Å²) in [5.74, 6) is 0.251. The fourth-order valence-corrected chi connectivity index (χ4v) is 3.54. The van der Waals surface area contributed by atoms with Crippen LogP contribution < -0.4 is 11.1 Å². The molecule has 0 saturated carbocycles. The molecule has 0 spiro atoms. The van der Waals surface area contributed by atoms with Crippen molar-refractivity contribution in [3.05, 3.63) is 81.6 Å². The quantitative estimate of drug-likeness (QED) is 0.319. The van der Waals surface area contributed by atoms with Gasteiger partial charge in [0, 0.05) is 47.2 Å². The van der Waals surface area contributed by atoms with Crippen molar-refractivity contribution in [2.24, 2.45) is 4.99 Å². The van der Waals surface area contributed by atoms with Crippen molar-refractivity contribution < 1.29 is 4.79 Å². The minimum absolute atomic E-state index is 0.216. The summed E-state index contributed by atoms with van der Waals surface area (Å²) in [7, 11) is 0. The number of aryl methyl sites for hydroxylation is 2. The first-order valence-corrected chi connectivity index (χ1v) is 10.4. The number of rotatable bonds is 7. The lowest BCUT2D eigenvalue weighted by atomic mass is 10.1. The van der Waals surface area contributed by atoms with E-state index in [1.807, 2.05) is 26.0 Å². The van der Waals surface area contributed by atoms with Crippen molar-refractivity contribution in [3.8, 4) is 0 Å². The second kappa shape index (κ2) is 10.2. The molecule has 0 aliphatic heterocycles. The molecule has 0 bridgehead atoms. The zero-order chi connectivity index (χ0) is 23.3. The Hall–Kier alpha value is -3.58. The molecule has 0 aromatic carbocycles. The topological polar surface area (TPSA) is 106 Å². The molecule has 3 N–H and O–H groups in total. The van der Waals surface area contributed by atoms with Crippen LogP contribution in [0.3, 0.4) is 0 Å². The van der Waals surface area contributed by atoms with E-state index >= 15 is 0 Å². The molecule has 3 heterocycles. The predicted octanol–water partition coefficient (Wildman–Crippen LogP) is 4.27. The van der Waals surface area contributed by atoms with Crippen molar-refractivity contribution in [1.82, 2.24) is 20.3 Å². The number of fused-ring (bicyclic) bond motifs is 1. The molecule has 1 amide bonds. The van der Waals surface area contributed by atoms with Gasteiger partial charge in [-0.2, -0.15) is 0 Å². The molecule has 0 unspecified atom stereocenters. The Morgan fingerprint density at radius 3 is 2.72 bits per heavy atom. The molecule has 0 fully saturated rings. The van der Waals surface area contributed by atoms with Gasteiger partial charge in [-0.05, 0) is 62.9 Å². The summed E-state index contributed by atoms with van der Waals surface area (Å²) in [6.45, 7) is 9.62. The standard InChI is InChI=1S/C24H25ClN6O/c1-5-16(24(32)30-12-21-14(2)6-23(26)31-15(21)3)8-19(27-4)10-20-9-17-7-18(25)11-29-22(17)13-28-20/h5-9,11,13H,4,10,12H2,1-3H3,(H2,26,31)(H,30,32)/b16-5+,19-8-. The maximum atomic E-state index is 12.8. The lowest BCUT2D eigenvalue weighted by Crippen LogP contribution is -2.25. The molecule has 164 valence electrons. The van der Waals surface area contributed by atoms with Crippen molar-refractivity contribution in [2.75, 3.05) is 5.73 Å². The Balaban J connectivity index is 1.75. The van der Waals surface area contributed by atoms with Crippen LogP contribution in [0.2, 0.25) is 5.02 Å². The number of aromatic nitrogens is 3. The molecule has 7 nitrogen and oxygen atoms in total. The SMILES string of the molecule is C=N/C(=C\C(=C/C)C(=O)NCc1c(C)cc(N)nc1C)Cc1cc2cc(Cl)cnc2cn1. The van der Waals surface area contributed by atoms with E-state index < -0.39 is 0 Å². The number of pyridine rings is 3. The largest absolute Gasteiger partial charge is 0.384 e. The van der Waals surface area contributed by atoms with Gasteiger partial charge in [-0.1, -0.05) is 17.7 Å². The summed E-state index contributed by atoms with van der Waals surface area (Å²) in [4.78, 5) is 29.8. The smallest absolute Gasteiger partial charge is 0.251 e. The summed E-state index contributed by atoms with van der Waals surface area (Å²) in [5, 5.41) is 4.39. The van der Waals surface area contributed by atoms with Crippen LogP contribution in [0.1, 0.15) is 29.4 Å². The average Bonchev–Trinajstić information content (AvgIpc) is 2.75. The number of nitrogens with zero attached hydrogens (tertiary/aromatic N) is 4. The first-order valence-electron chi connectivity index (χ1n) is 10.0. The first kappa shape index (κ1) is 23.1. The number of nitrogens with one attached hydrogen (secondary N) is 1. The van der Waals surface area contributed by atoms with Crippen molar-refractivity contribution in [1.29, 1.82) is 0 Å². The number of allylic oxidation sites excluding steroid dienone is 2. The van der Waals surface area contributed by atoms with Gasteiger partial charge in [-0.25, -0.2) is 4.98 Å². The number of hydrogen-bond acceptors (Lipinski definition) is 6. The highest BCUT2D eigenvalue weighted by Crippen LogP contribution is 2.19. The summed E-state index contributed by atoms with van der Waals surface area (Å²) >= 11 is 6.04. The molecule has 32 heavy (non-hydrogen) atoms. The third-order valence-corrected chi connectivity index (χ3v) is 5.26. The van der Waals surface area contributed by atoms with Crippen molar-refractivity contribution in [3.63, 3.8) is 0 Å². The third kappa shape index (κ3) is 5.56. The number of halogens is 1. The number of hydrogen-bond donors (Lipinski definition) is 2. The van der Waals surface area contributed by atoms with Crippen LogP contribution >= 0.6 is 11.6 Å². The molecule has 0 radical (unpaired) electrons. The van der Waals surface area contributed by atoms with E-state index in [0.29, 0.717) is 35.1 Å². The Morgan fingerprint density at radius 2 is 2.03 bits per heavy atom. The number of nitrogens with two attached hydrogens (primary N) is 1. The van der Waals surface area contributed by atoms with Crippen LogP contribution in [-0.2, 0) is 17.8 Å². The van der Waals surface area contributed by atoms with E-state index in [1.165, 1.54) is 0 Å². The predicted molar refractivity (Wildman–Crippen MR) is 130 cm³/mol.